The molecule has 1 saturated carbocycles. The average molecular weight is 327 g/mol. The van der Waals surface area contributed by atoms with E-state index in [4.69, 9.17) is 0 Å². The van der Waals surface area contributed by atoms with Gasteiger partial charge in [-0.2, -0.15) is 8.42 Å². The van der Waals surface area contributed by atoms with Crippen molar-refractivity contribution < 1.29 is 18.0 Å². The first-order valence-corrected chi connectivity index (χ1v) is 9.47. The predicted octanol–water partition coefficient (Wildman–Crippen LogP) is 2.18. The molecule has 2 amide bonds. The zero-order valence-electron chi connectivity index (χ0n) is 13.2. The summed E-state index contributed by atoms with van der Waals surface area (Å²) in [5, 5.41) is 0. The van der Waals surface area contributed by atoms with Crippen molar-refractivity contribution in [2.24, 2.45) is 11.8 Å². The van der Waals surface area contributed by atoms with Crippen molar-refractivity contribution in [2.45, 2.75) is 64.7 Å². The number of imide groups is 1. The molecule has 0 aromatic heterocycles. The van der Waals surface area contributed by atoms with Crippen LogP contribution in [0.2, 0.25) is 0 Å². The van der Waals surface area contributed by atoms with E-state index in [1.54, 1.807) is 0 Å². The van der Waals surface area contributed by atoms with Crippen LogP contribution in [0.3, 0.4) is 0 Å². The van der Waals surface area contributed by atoms with Gasteiger partial charge in [0, 0.05) is 6.54 Å². The highest BCUT2D eigenvalue weighted by atomic mass is 32.2. The zero-order valence-corrected chi connectivity index (χ0v) is 14.0. The van der Waals surface area contributed by atoms with E-state index in [1.807, 2.05) is 0 Å². The van der Waals surface area contributed by atoms with Gasteiger partial charge in [-0.1, -0.05) is 45.4 Å². The summed E-state index contributed by atoms with van der Waals surface area (Å²) < 4.78 is 23.0. The Balaban J connectivity index is 2.16. The maximum absolute atomic E-state index is 12.6. The molecule has 0 N–H and O–H groups in total. The Bertz CT molecular complexity index is 553. The van der Waals surface area contributed by atoms with Gasteiger partial charge in [-0.25, -0.2) is 0 Å². The molecule has 1 heterocycles. The third-order valence-electron chi connectivity index (χ3n) is 4.81. The molecule has 0 spiro atoms. The Morgan fingerprint density at radius 1 is 1.05 bits per heavy atom. The minimum Gasteiger partial charge on any atom is -0.277 e. The number of amides is 2. The number of unbranched alkanes of at least 4 members (excludes halogenated alkanes) is 3. The monoisotopic (exact) mass is 327 g/mol. The fourth-order valence-electron chi connectivity index (χ4n) is 3.61. The Hall–Kier alpha value is -1.17. The summed E-state index contributed by atoms with van der Waals surface area (Å²) in [6.45, 7) is 2.44. The molecule has 6 heteroatoms. The summed E-state index contributed by atoms with van der Waals surface area (Å²) in [4.78, 5) is 25.9. The normalized spacial score (nSPS) is 23.4. The molecule has 2 aliphatic rings. The van der Waals surface area contributed by atoms with Gasteiger partial charge in [0.05, 0.1) is 5.92 Å². The summed E-state index contributed by atoms with van der Waals surface area (Å²) >= 11 is 0. The van der Waals surface area contributed by atoms with E-state index in [2.05, 4.69) is 6.92 Å². The lowest BCUT2D eigenvalue weighted by Gasteiger charge is -2.25. The third-order valence-corrected chi connectivity index (χ3v) is 5.59. The lowest BCUT2D eigenvalue weighted by atomic mass is 9.79. The van der Waals surface area contributed by atoms with Crippen LogP contribution in [0.5, 0.6) is 0 Å². The molecule has 1 saturated heterocycles. The van der Waals surface area contributed by atoms with Crippen LogP contribution in [-0.2, 0) is 19.9 Å². The molecule has 5 nitrogen and oxygen atoms in total. The number of carbonyl (C=O) groups excluding carboxylic acids is 2. The standard InChI is InChI=1S/C16H25NO4S/c1-2-3-4-8-11-17-15(18)13(12-9-6-5-7-10-12)14(16(17)19)22(20)21/h12-13H,2-11H2,1H3. The van der Waals surface area contributed by atoms with E-state index in [9.17, 15) is 18.0 Å². The van der Waals surface area contributed by atoms with Crippen molar-refractivity contribution in [3.8, 4) is 0 Å². The Labute approximate surface area is 133 Å². The largest absolute Gasteiger partial charge is 0.277 e. The number of hydrogen-bond acceptors (Lipinski definition) is 4. The highest BCUT2D eigenvalue weighted by Gasteiger charge is 2.48. The van der Waals surface area contributed by atoms with Crippen LogP contribution < -0.4 is 0 Å². The molecule has 2 fully saturated rings. The first kappa shape index (κ1) is 17.2. The molecule has 0 aromatic rings. The van der Waals surface area contributed by atoms with Crippen molar-refractivity contribution in [3.05, 3.63) is 0 Å². The summed E-state index contributed by atoms with van der Waals surface area (Å²) in [5.41, 5.74) is 0. The van der Waals surface area contributed by atoms with E-state index in [0.29, 0.717) is 6.54 Å². The SMILES string of the molecule is CCCCCCN1C(=O)C(=S(=O)=O)C(C2CCCCC2)C1=O. The molecule has 1 aliphatic carbocycles. The molecule has 1 aliphatic heterocycles. The van der Waals surface area contributed by atoms with Gasteiger partial charge < -0.3 is 0 Å². The first-order valence-electron chi connectivity index (χ1n) is 8.39. The molecule has 0 radical (unpaired) electrons. The number of hydrogen-bond donors (Lipinski definition) is 0. The number of nitrogens with zero attached hydrogens (tertiary/aromatic N) is 1. The van der Waals surface area contributed by atoms with Crippen LogP contribution in [0.4, 0.5) is 0 Å². The first-order chi connectivity index (χ1) is 10.6. The number of carbonyl (C=O) groups is 2. The van der Waals surface area contributed by atoms with Gasteiger partial charge in [-0.3, -0.25) is 14.5 Å². The lowest BCUT2D eigenvalue weighted by molar-refractivity contribution is -0.139. The van der Waals surface area contributed by atoms with Gasteiger partial charge in [-0.15, -0.1) is 0 Å². The number of rotatable bonds is 6. The topological polar surface area (TPSA) is 71.5 Å². The summed E-state index contributed by atoms with van der Waals surface area (Å²) in [5.74, 6) is -1.57. The molecule has 2 rings (SSSR count). The third kappa shape index (κ3) is 3.59. The summed E-state index contributed by atoms with van der Waals surface area (Å²) in [6, 6.07) is 0. The molecular formula is C16H25NO4S. The summed E-state index contributed by atoms with van der Waals surface area (Å²) in [7, 11) is -2.60. The maximum Gasteiger partial charge on any atom is 0.272 e. The molecule has 22 heavy (non-hydrogen) atoms. The molecule has 1 unspecified atom stereocenters. The van der Waals surface area contributed by atoms with E-state index < -0.39 is 22.1 Å². The van der Waals surface area contributed by atoms with E-state index in [-0.39, 0.29) is 16.7 Å². The molecular weight excluding hydrogens is 302 g/mol. The van der Waals surface area contributed by atoms with Gasteiger partial charge in [0.1, 0.15) is 4.86 Å². The minimum atomic E-state index is -2.60. The van der Waals surface area contributed by atoms with Crippen molar-refractivity contribution in [1.82, 2.24) is 4.90 Å². The Morgan fingerprint density at radius 2 is 1.73 bits per heavy atom. The van der Waals surface area contributed by atoms with Gasteiger partial charge in [-0.05, 0) is 25.2 Å². The number of likely N-dealkylation sites (tertiary alicyclic amines) is 1. The summed E-state index contributed by atoms with van der Waals surface area (Å²) in [6.07, 6.45) is 8.68. The second-order valence-corrected chi connectivity index (χ2v) is 7.24. The maximum atomic E-state index is 12.6. The van der Waals surface area contributed by atoms with Gasteiger partial charge >= 0.3 is 0 Å². The fourth-order valence-corrected chi connectivity index (χ4v) is 4.37. The van der Waals surface area contributed by atoms with Crippen LogP contribution in [0.25, 0.3) is 0 Å². The van der Waals surface area contributed by atoms with Crippen LogP contribution in [0.1, 0.15) is 64.7 Å². The zero-order chi connectivity index (χ0) is 16.1. The van der Waals surface area contributed by atoms with E-state index >= 15 is 0 Å². The van der Waals surface area contributed by atoms with Gasteiger partial charge in [0.25, 0.3) is 5.91 Å². The van der Waals surface area contributed by atoms with Crippen molar-refractivity contribution in [1.29, 1.82) is 0 Å². The van der Waals surface area contributed by atoms with Gasteiger partial charge in [0.15, 0.2) is 0 Å². The van der Waals surface area contributed by atoms with Crippen molar-refractivity contribution in [3.63, 3.8) is 0 Å². The van der Waals surface area contributed by atoms with Crippen LogP contribution >= 0.6 is 0 Å². The molecule has 124 valence electrons. The predicted molar refractivity (Wildman–Crippen MR) is 84.9 cm³/mol. The molecule has 0 bridgehead atoms. The highest BCUT2D eigenvalue weighted by molar-refractivity contribution is 7.75. The quantitative estimate of drug-likeness (QED) is 0.426. The Kier molecular flexibility index (Phi) is 6.17. The fraction of sp³-hybridized carbons (Fsp3) is 0.812. The van der Waals surface area contributed by atoms with Crippen molar-refractivity contribution in [2.75, 3.05) is 6.54 Å². The highest BCUT2D eigenvalue weighted by Crippen LogP contribution is 2.35. The smallest absolute Gasteiger partial charge is 0.272 e. The second-order valence-electron chi connectivity index (χ2n) is 6.33. The lowest BCUT2D eigenvalue weighted by Crippen LogP contribution is -2.33. The van der Waals surface area contributed by atoms with E-state index in [1.165, 1.54) is 4.90 Å². The van der Waals surface area contributed by atoms with E-state index in [0.717, 1.165) is 57.8 Å². The van der Waals surface area contributed by atoms with Gasteiger partial charge in [0.2, 0.25) is 16.2 Å². The van der Waals surface area contributed by atoms with Crippen LogP contribution in [0, 0.1) is 11.8 Å². The molecule has 0 aromatic carbocycles. The second kappa shape index (κ2) is 7.90. The van der Waals surface area contributed by atoms with Crippen LogP contribution in [-0.4, -0.2) is 36.5 Å². The minimum absolute atomic E-state index is 0.0127. The Morgan fingerprint density at radius 3 is 2.32 bits per heavy atom. The van der Waals surface area contributed by atoms with Crippen molar-refractivity contribution >= 4 is 27.0 Å². The molecule has 1 atom stereocenters. The van der Waals surface area contributed by atoms with Crippen LogP contribution in [0.15, 0.2) is 0 Å². The average Bonchev–Trinajstić information content (AvgIpc) is 2.76.